The van der Waals surface area contributed by atoms with E-state index in [1.54, 1.807) is 12.1 Å². The molecule has 0 spiro atoms. The van der Waals surface area contributed by atoms with Gasteiger partial charge in [-0.25, -0.2) is 0 Å². The number of carbonyl (C=O) groups is 1. The van der Waals surface area contributed by atoms with Crippen LogP contribution in [-0.4, -0.2) is 31.8 Å². The van der Waals surface area contributed by atoms with Crippen LogP contribution in [0.5, 0.6) is 5.75 Å². The average Bonchev–Trinajstić information content (AvgIpc) is 3.33. The lowest BCUT2D eigenvalue weighted by atomic mass is 9.91. The second-order valence-electron chi connectivity index (χ2n) is 7.55. The molecular formula is C26H27NO3. The molecule has 0 aliphatic carbocycles. The van der Waals surface area contributed by atoms with Crippen LogP contribution in [-0.2, 0) is 4.74 Å². The predicted molar refractivity (Wildman–Crippen MR) is 118 cm³/mol. The highest BCUT2D eigenvalue weighted by molar-refractivity contribution is 5.94. The number of rotatable bonds is 8. The highest BCUT2D eigenvalue weighted by Crippen LogP contribution is 2.24. The lowest BCUT2D eigenvalue weighted by Crippen LogP contribution is -2.28. The molecule has 1 aliphatic rings. The van der Waals surface area contributed by atoms with Gasteiger partial charge in [-0.2, -0.15) is 0 Å². The summed E-state index contributed by atoms with van der Waals surface area (Å²) in [5.41, 5.74) is 2.99. The van der Waals surface area contributed by atoms with Gasteiger partial charge in [-0.1, -0.05) is 60.7 Å². The molecule has 1 atom stereocenters. The van der Waals surface area contributed by atoms with E-state index in [1.165, 1.54) is 11.1 Å². The Morgan fingerprint density at radius 2 is 1.57 bits per heavy atom. The molecule has 30 heavy (non-hydrogen) atoms. The van der Waals surface area contributed by atoms with E-state index < -0.39 is 0 Å². The molecule has 3 aromatic rings. The third-order valence-electron chi connectivity index (χ3n) is 5.45. The third-order valence-corrected chi connectivity index (χ3v) is 5.45. The lowest BCUT2D eigenvalue weighted by molar-refractivity contribution is 0.0679. The van der Waals surface area contributed by atoms with Crippen LogP contribution in [0.1, 0.15) is 40.2 Å². The van der Waals surface area contributed by atoms with E-state index in [0.29, 0.717) is 18.7 Å². The standard InChI is InChI=1S/C26H27NO3/c28-26(22-13-15-23(16-14-22)30-19-24-12-7-17-29-24)27-18-25(20-8-3-1-4-9-20)21-10-5-2-6-11-21/h1-6,8-11,13-16,24-25H,7,12,17-19H2,(H,27,28). The number of amides is 1. The van der Waals surface area contributed by atoms with E-state index in [2.05, 4.69) is 29.6 Å². The van der Waals surface area contributed by atoms with E-state index >= 15 is 0 Å². The molecule has 1 heterocycles. The van der Waals surface area contributed by atoms with Gasteiger partial charge in [-0.15, -0.1) is 0 Å². The van der Waals surface area contributed by atoms with Gasteiger partial charge in [-0.3, -0.25) is 4.79 Å². The van der Waals surface area contributed by atoms with Crippen molar-refractivity contribution in [3.63, 3.8) is 0 Å². The van der Waals surface area contributed by atoms with Gasteiger partial charge >= 0.3 is 0 Å². The van der Waals surface area contributed by atoms with Crippen LogP contribution < -0.4 is 10.1 Å². The van der Waals surface area contributed by atoms with Gasteiger partial charge < -0.3 is 14.8 Å². The van der Waals surface area contributed by atoms with E-state index in [-0.39, 0.29) is 17.9 Å². The Bertz CT molecular complexity index is 880. The minimum absolute atomic E-state index is 0.0856. The highest BCUT2D eigenvalue weighted by Gasteiger charge is 2.17. The van der Waals surface area contributed by atoms with Crippen molar-refractivity contribution in [2.24, 2.45) is 0 Å². The van der Waals surface area contributed by atoms with Crippen molar-refractivity contribution in [2.45, 2.75) is 24.9 Å². The molecule has 0 saturated carbocycles. The normalized spacial score (nSPS) is 15.8. The lowest BCUT2D eigenvalue weighted by Gasteiger charge is -2.19. The first-order chi connectivity index (χ1) is 14.8. The number of ether oxygens (including phenoxy) is 2. The first kappa shape index (κ1) is 20.2. The van der Waals surface area contributed by atoms with Crippen LogP contribution in [0.25, 0.3) is 0 Å². The van der Waals surface area contributed by atoms with Crippen molar-refractivity contribution in [3.05, 3.63) is 102 Å². The Hall–Kier alpha value is -3.11. The van der Waals surface area contributed by atoms with Crippen LogP contribution in [0.3, 0.4) is 0 Å². The first-order valence-corrected chi connectivity index (χ1v) is 10.5. The molecule has 1 unspecified atom stereocenters. The first-order valence-electron chi connectivity index (χ1n) is 10.5. The van der Waals surface area contributed by atoms with Gasteiger partial charge in [-0.05, 0) is 48.2 Å². The maximum absolute atomic E-state index is 12.7. The molecule has 1 saturated heterocycles. The zero-order chi connectivity index (χ0) is 20.6. The number of carbonyl (C=O) groups excluding carboxylic acids is 1. The minimum atomic E-state index is -0.0856. The van der Waals surface area contributed by atoms with E-state index in [9.17, 15) is 4.79 Å². The summed E-state index contributed by atoms with van der Waals surface area (Å²) in [5.74, 6) is 0.774. The van der Waals surface area contributed by atoms with Crippen molar-refractivity contribution in [1.82, 2.24) is 5.32 Å². The summed E-state index contributed by atoms with van der Waals surface area (Å²) in [6, 6.07) is 27.8. The van der Waals surface area contributed by atoms with Gasteiger partial charge in [0.25, 0.3) is 5.91 Å². The van der Waals surface area contributed by atoms with E-state index in [0.717, 1.165) is 25.2 Å². The van der Waals surface area contributed by atoms with Crippen molar-refractivity contribution < 1.29 is 14.3 Å². The van der Waals surface area contributed by atoms with Crippen molar-refractivity contribution >= 4 is 5.91 Å². The number of hydrogen-bond donors (Lipinski definition) is 1. The Morgan fingerprint density at radius 1 is 0.933 bits per heavy atom. The van der Waals surface area contributed by atoms with Crippen molar-refractivity contribution in [3.8, 4) is 5.75 Å². The zero-order valence-electron chi connectivity index (χ0n) is 17.0. The molecule has 0 aromatic heterocycles. The van der Waals surface area contributed by atoms with E-state index in [4.69, 9.17) is 9.47 Å². The summed E-state index contributed by atoms with van der Waals surface area (Å²) in [7, 11) is 0. The Balaban J connectivity index is 1.37. The van der Waals surface area contributed by atoms with Crippen LogP contribution in [0.15, 0.2) is 84.9 Å². The fraction of sp³-hybridized carbons (Fsp3) is 0.269. The molecule has 4 nitrogen and oxygen atoms in total. The van der Waals surface area contributed by atoms with E-state index in [1.807, 2.05) is 48.5 Å². The SMILES string of the molecule is O=C(NCC(c1ccccc1)c1ccccc1)c1ccc(OCC2CCCO2)cc1. The Labute approximate surface area is 177 Å². The Kier molecular flexibility index (Phi) is 6.78. The molecule has 0 bridgehead atoms. The Morgan fingerprint density at radius 3 is 2.13 bits per heavy atom. The van der Waals surface area contributed by atoms with Gasteiger partial charge in [0.05, 0.1) is 6.10 Å². The summed E-state index contributed by atoms with van der Waals surface area (Å²) in [6.07, 6.45) is 2.32. The third kappa shape index (κ3) is 5.28. The van der Waals surface area contributed by atoms with Gasteiger partial charge in [0.2, 0.25) is 0 Å². The predicted octanol–water partition coefficient (Wildman–Crippen LogP) is 4.81. The largest absolute Gasteiger partial charge is 0.491 e. The monoisotopic (exact) mass is 401 g/mol. The number of hydrogen-bond acceptors (Lipinski definition) is 3. The molecular weight excluding hydrogens is 374 g/mol. The van der Waals surface area contributed by atoms with Gasteiger partial charge in [0, 0.05) is 24.6 Å². The molecule has 154 valence electrons. The summed E-state index contributed by atoms with van der Waals surface area (Å²) in [5, 5.41) is 3.09. The molecule has 4 heteroatoms. The molecule has 0 radical (unpaired) electrons. The highest BCUT2D eigenvalue weighted by atomic mass is 16.5. The van der Waals surface area contributed by atoms with Crippen LogP contribution >= 0.6 is 0 Å². The summed E-state index contributed by atoms with van der Waals surface area (Å²) in [4.78, 5) is 12.7. The number of benzene rings is 3. The van der Waals surface area contributed by atoms with Crippen molar-refractivity contribution in [1.29, 1.82) is 0 Å². The fourth-order valence-corrected chi connectivity index (χ4v) is 3.76. The molecule has 4 rings (SSSR count). The molecule has 1 amide bonds. The average molecular weight is 402 g/mol. The summed E-state index contributed by atoms with van der Waals surface area (Å²) >= 11 is 0. The maximum atomic E-state index is 12.7. The molecule has 3 aromatic carbocycles. The molecule has 1 fully saturated rings. The van der Waals surface area contributed by atoms with Crippen LogP contribution in [0, 0.1) is 0 Å². The van der Waals surface area contributed by atoms with Crippen LogP contribution in [0.4, 0.5) is 0 Å². The number of nitrogens with one attached hydrogen (secondary N) is 1. The minimum Gasteiger partial charge on any atom is -0.491 e. The maximum Gasteiger partial charge on any atom is 0.251 e. The molecule has 1 N–H and O–H groups in total. The quantitative estimate of drug-likeness (QED) is 0.589. The second-order valence-corrected chi connectivity index (χ2v) is 7.55. The fourth-order valence-electron chi connectivity index (χ4n) is 3.76. The topological polar surface area (TPSA) is 47.6 Å². The zero-order valence-corrected chi connectivity index (χ0v) is 17.0. The van der Waals surface area contributed by atoms with Crippen LogP contribution in [0.2, 0.25) is 0 Å². The van der Waals surface area contributed by atoms with Crippen molar-refractivity contribution in [2.75, 3.05) is 19.8 Å². The molecule has 1 aliphatic heterocycles. The van der Waals surface area contributed by atoms with Gasteiger partial charge in [0.1, 0.15) is 12.4 Å². The smallest absolute Gasteiger partial charge is 0.251 e. The summed E-state index contributed by atoms with van der Waals surface area (Å²) in [6.45, 7) is 1.91. The second kappa shape index (κ2) is 10.1. The summed E-state index contributed by atoms with van der Waals surface area (Å²) < 4.78 is 11.4. The van der Waals surface area contributed by atoms with Gasteiger partial charge in [0.15, 0.2) is 0 Å².